The highest BCUT2D eigenvalue weighted by Gasteiger charge is 2.06. The van der Waals surface area contributed by atoms with Crippen LogP contribution in [0.15, 0.2) is 4.99 Å². The van der Waals surface area contributed by atoms with Gasteiger partial charge in [0.1, 0.15) is 5.84 Å². The Kier molecular flexibility index (Phi) is 4.11. The third-order valence-electron chi connectivity index (χ3n) is 1.27. The van der Waals surface area contributed by atoms with Gasteiger partial charge in [0, 0.05) is 6.04 Å². The largest absolute Gasteiger partial charge is 0.287 e. The normalized spacial score (nSPS) is 12.9. The summed E-state index contributed by atoms with van der Waals surface area (Å²) in [5.41, 5.74) is 0. The molecular formula is C8H18N2O. The Balaban J connectivity index is 4.11. The minimum atomic E-state index is 0.0949. The molecule has 0 aliphatic rings. The summed E-state index contributed by atoms with van der Waals surface area (Å²) in [7, 11) is 0. The molecule has 0 saturated carbocycles. The third-order valence-corrected chi connectivity index (χ3v) is 1.27. The fourth-order valence-electron chi connectivity index (χ4n) is 0.806. The molecule has 66 valence electrons. The first-order chi connectivity index (χ1) is 4.95. The van der Waals surface area contributed by atoms with Crippen molar-refractivity contribution in [3.63, 3.8) is 0 Å². The van der Waals surface area contributed by atoms with Crippen molar-refractivity contribution in [3.05, 3.63) is 0 Å². The van der Waals surface area contributed by atoms with Crippen molar-refractivity contribution < 1.29 is 5.21 Å². The van der Waals surface area contributed by atoms with Crippen LogP contribution in [-0.2, 0) is 0 Å². The predicted octanol–water partition coefficient (Wildman–Crippen LogP) is 1.91. The Morgan fingerprint density at radius 2 is 1.73 bits per heavy atom. The van der Waals surface area contributed by atoms with Gasteiger partial charge >= 0.3 is 0 Å². The molecule has 0 heterocycles. The zero-order chi connectivity index (χ0) is 9.02. The molecule has 3 heteroatoms. The molecule has 0 aromatic rings. The maximum atomic E-state index is 9.35. The second-order valence-corrected chi connectivity index (χ2v) is 3.21. The van der Waals surface area contributed by atoms with E-state index in [2.05, 4.69) is 4.99 Å². The van der Waals surface area contributed by atoms with Crippen molar-refractivity contribution in [2.24, 2.45) is 4.99 Å². The van der Waals surface area contributed by atoms with Crippen LogP contribution in [0.4, 0.5) is 0 Å². The molecule has 0 bridgehead atoms. The second-order valence-electron chi connectivity index (χ2n) is 3.21. The average Bonchev–Trinajstić information content (AvgIpc) is 1.84. The maximum absolute atomic E-state index is 9.35. The van der Waals surface area contributed by atoms with Gasteiger partial charge in [0.2, 0.25) is 0 Å². The van der Waals surface area contributed by atoms with Gasteiger partial charge in [-0.25, -0.2) is 5.06 Å². The fourth-order valence-corrected chi connectivity index (χ4v) is 0.806. The molecule has 0 aliphatic carbocycles. The van der Waals surface area contributed by atoms with E-state index >= 15 is 0 Å². The zero-order valence-corrected chi connectivity index (χ0v) is 8.00. The van der Waals surface area contributed by atoms with Gasteiger partial charge in [0.05, 0.1) is 6.04 Å². The number of hydrogen-bond donors (Lipinski definition) is 1. The van der Waals surface area contributed by atoms with Crippen LogP contribution in [0.5, 0.6) is 0 Å². The highest BCUT2D eigenvalue weighted by Crippen LogP contribution is 1.97. The lowest BCUT2D eigenvalue weighted by Gasteiger charge is -2.20. The van der Waals surface area contributed by atoms with Gasteiger partial charge < -0.3 is 0 Å². The van der Waals surface area contributed by atoms with Crippen molar-refractivity contribution in [2.45, 2.75) is 46.7 Å². The van der Waals surface area contributed by atoms with E-state index in [-0.39, 0.29) is 12.1 Å². The summed E-state index contributed by atoms with van der Waals surface area (Å²) in [6.45, 7) is 9.61. The summed E-state index contributed by atoms with van der Waals surface area (Å²) in [5, 5.41) is 10.5. The average molecular weight is 158 g/mol. The number of rotatable bonds is 2. The Morgan fingerprint density at radius 1 is 1.27 bits per heavy atom. The van der Waals surface area contributed by atoms with Crippen molar-refractivity contribution in [3.8, 4) is 0 Å². The molecule has 0 aliphatic heterocycles. The van der Waals surface area contributed by atoms with Crippen LogP contribution in [0, 0.1) is 0 Å². The SMILES string of the molecule is C/C(=N\C(C)C)N(O)C(C)C. The number of hydrogen-bond acceptors (Lipinski definition) is 2. The van der Waals surface area contributed by atoms with Gasteiger partial charge in [0.15, 0.2) is 0 Å². The summed E-state index contributed by atoms with van der Waals surface area (Å²) in [4.78, 5) is 4.19. The van der Waals surface area contributed by atoms with Gasteiger partial charge in [0.25, 0.3) is 0 Å². The molecule has 0 saturated heterocycles. The van der Waals surface area contributed by atoms with Crippen LogP contribution in [0.25, 0.3) is 0 Å². The van der Waals surface area contributed by atoms with Crippen LogP contribution < -0.4 is 0 Å². The minimum absolute atomic E-state index is 0.0949. The van der Waals surface area contributed by atoms with E-state index in [9.17, 15) is 5.21 Å². The second kappa shape index (κ2) is 4.34. The van der Waals surface area contributed by atoms with Crippen molar-refractivity contribution in [1.29, 1.82) is 0 Å². The lowest BCUT2D eigenvalue weighted by molar-refractivity contribution is -0.0430. The molecule has 0 spiro atoms. The van der Waals surface area contributed by atoms with E-state index < -0.39 is 0 Å². The summed E-state index contributed by atoms with van der Waals surface area (Å²) in [6, 6.07) is 0.334. The van der Waals surface area contributed by atoms with Crippen LogP contribution in [0.3, 0.4) is 0 Å². The molecule has 1 N–H and O–H groups in total. The molecule has 0 radical (unpaired) electrons. The molecule has 0 atom stereocenters. The number of amidine groups is 1. The van der Waals surface area contributed by atoms with E-state index in [1.54, 1.807) is 6.92 Å². The fraction of sp³-hybridized carbons (Fsp3) is 0.875. The van der Waals surface area contributed by atoms with Crippen LogP contribution in [-0.4, -0.2) is 28.2 Å². The van der Waals surface area contributed by atoms with Crippen molar-refractivity contribution in [2.75, 3.05) is 0 Å². The van der Waals surface area contributed by atoms with Gasteiger partial charge in [-0.15, -0.1) is 0 Å². The molecule has 0 rings (SSSR count). The maximum Gasteiger partial charge on any atom is 0.121 e. The lowest BCUT2D eigenvalue weighted by atomic mass is 10.3. The number of nitrogens with zero attached hydrogens (tertiary/aromatic N) is 2. The first-order valence-corrected chi connectivity index (χ1v) is 3.97. The monoisotopic (exact) mass is 158 g/mol. The van der Waals surface area contributed by atoms with Crippen LogP contribution >= 0.6 is 0 Å². The van der Waals surface area contributed by atoms with E-state index in [0.717, 1.165) is 0 Å². The smallest absolute Gasteiger partial charge is 0.121 e. The van der Waals surface area contributed by atoms with Gasteiger partial charge in [-0.2, -0.15) is 0 Å². The first-order valence-electron chi connectivity index (χ1n) is 3.97. The molecule has 0 aromatic carbocycles. The standard InChI is InChI=1S/C8H18N2O/c1-6(2)9-8(5)10(11)7(3)4/h6-7,11H,1-5H3/b9-8+. The zero-order valence-electron chi connectivity index (χ0n) is 8.00. The molecule has 0 fully saturated rings. The Morgan fingerprint density at radius 3 is 2.00 bits per heavy atom. The first kappa shape index (κ1) is 10.4. The highest BCUT2D eigenvalue weighted by molar-refractivity contribution is 5.78. The number of aliphatic imine (C=N–C) groups is 1. The Bertz CT molecular complexity index is 141. The Labute approximate surface area is 68.7 Å². The lowest BCUT2D eigenvalue weighted by Crippen LogP contribution is -2.32. The van der Waals surface area contributed by atoms with Gasteiger partial charge in [-0.1, -0.05) is 0 Å². The minimum Gasteiger partial charge on any atom is -0.287 e. The van der Waals surface area contributed by atoms with Crippen LogP contribution in [0.1, 0.15) is 34.6 Å². The predicted molar refractivity (Wildman–Crippen MR) is 47.0 cm³/mol. The highest BCUT2D eigenvalue weighted by atomic mass is 16.5. The van der Waals surface area contributed by atoms with Crippen molar-refractivity contribution >= 4 is 5.84 Å². The van der Waals surface area contributed by atoms with E-state index in [0.29, 0.717) is 5.84 Å². The molecular weight excluding hydrogens is 140 g/mol. The summed E-state index contributed by atoms with van der Waals surface area (Å²) in [6.07, 6.45) is 0. The van der Waals surface area contributed by atoms with E-state index in [1.807, 2.05) is 27.7 Å². The quantitative estimate of drug-likeness (QED) is 0.378. The van der Waals surface area contributed by atoms with Crippen molar-refractivity contribution in [1.82, 2.24) is 5.06 Å². The van der Waals surface area contributed by atoms with Gasteiger partial charge in [-0.05, 0) is 34.6 Å². The topological polar surface area (TPSA) is 35.8 Å². The summed E-state index contributed by atoms with van der Waals surface area (Å²) >= 11 is 0. The molecule has 0 amide bonds. The van der Waals surface area contributed by atoms with Crippen LogP contribution in [0.2, 0.25) is 0 Å². The molecule has 3 nitrogen and oxygen atoms in total. The molecule has 11 heavy (non-hydrogen) atoms. The summed E-state index contributed by atoms with van der Waals surface area (Å²) < 4.78 is 0. The summed E-state index contributed by atoms with van der Waals surface area (Å²) in [5.74, 6) is 0.676. The molecule has 0 unspecified atom stereocenters. The van der Waals surface area contributed by atoms with Gasteiger partial charge in [-0.3, -0.25) is 10.2 Å². The van der Waals surface area contributed by atoms with E-state index in [4.69, 9.17) is 0 Å². The van der Waals surface area contributed by atoms with E-state index in [1.165, 1.54) is 5.06 Å². The molecule has 0 aromatic heterocycles. The Hall–Kier alpha value is -0.570. The third kappa shape index (κ3) is 3.98. The number of hydroxylamine groups is 2.